The van der Waals surface area contributed by atoms with E-state index in [1.165, 1.54) is 13.0 Å². The van der Waals surface area contributed by atoms with Crippen LogP contribution in [-0.2, 0) is 66.7 Å². The predicted molar refractivity (Wildman–Crippen MR) is 161 cm³/mol. The minimum absolute atomic E-state index is 0.294. The molecule has 1 aromatic carbocycles. The van der Waals surface area contributed by atoms with Crippen molar-refractivity contribution in [1.82, 2.24) is 0 Å². The molecule has 3 aliphatic rings. The molecule has 2 N–H and O–H groups in total. The van der Waals surface area contributed by atoms with Crippen LogP contribution in [-0.4, -0.2) is 107 Å². The molecule has 1 aromatic rings. The second-order valence-corrected chi connectivity index (χ2v) is 11.9. The second-order valence-electron chi connectivity index (χ2n) is 11.9. The molecule has 16 heteroatoms. The first-order chi connectivity index (χ1) is 23.1. The molecule has 0 unspecified atom stereocenters. The molecule has 10 atom stereocenters. The number of carbonyl (C=O) groups excluding carboxylic acids is 6. The fourth-order valence-corrected chi connectivity index (χ4v) is 6.16. The summed E-state index contributed by atoms with van der Waals surface area (Å²) in [5, 5.41) is 23.7. The van der Waals surface area contributed by atoms with Gasteiger partial charge in [0.25, 0.3) is 0 Å². The molecule has 0 radical (unpaired) electrons. The van der Waals surface area contributed by atoms with Crippen LogP contribution in [0, 0.1) is 5.92 Å². The van der Waals surface area contributed by atoms with E-state index in [1.54, 1.807) is 30.3 Å². The molecular weight excluding hydrogens is 652 g/mol. The van der Waals surface area contributed by atoms with Crippen LogP contribution in [0.5, 0.6) is 0 Å². The van der Waals surface area contributed by atoms with E-state index < -0.39 is 103 Å². The minimum atomic E-state index is -2.18. The number of hydrogen-bond donors (Lipinski definition) is 2. The largest absolute Gasteiger partial charge is 0.471 e. The summed E-state index contributed by atoms with van der Waals surface area (Å²) < 4.78 is 44.5. The number of esters is 5. The van der Waals surface area contributed by atoms with Crippen LogP contribution >= 0.6 is 0 Å². The fourth-order valence-electron chi connectivity index (χ4n) is 6.16. The molecule has 0 amide bonds. The van der Waals surface area contributed by atoms with Crippen molar-refractivity contribution in [2.24, 2.45) is 5.92 Å². The number of fused-ring (bicyclic) bond motifs is 1. The number of aldehydes is 1. The Morgan fingerprint density at radius 2 is 1.47 bits per heavy atom. The first-order valence-electron chi connectivity index (χ1n) is 15.2. The average molecular weight is 691 g/mol. The molecule has 49 heavy (non-hydrogen) atoms. The Hall–Kier alpha value is -4.64. The summed E-state index contributed by atoms with van der Waals surface area (Å²) in [4.78, 5) is 73.0. The highest BCUT2D eigenvalue weighted by Gasteiger charge is 2.68. The van der Waals surface area contributed by atoms with Gasteiger partial charge >= 0.3 is 29.8 Å². The van der Waals surface area contributed by atoms with E-state index in [9.17, 15) is 39.0 Å². The Morgan fingerprint density at radius 3 is 2.06 bits per heavy atom. The average Bonchev–Trinajstić information content (AvgIpc) is 3.22. The molecule has 2 aliphatic heterocycles. The Balaban J connectivity index is 1.68. The van der Waals surface area contributed by atoms with E-state index in [2.05, 4.69) is 0 Å². The molecule has 266 valence electrons. The maximum absolute atomic E-state index is 12.8. The van der Waals surface area contributed by atoms with Gasteiger partial charge in [0.05, 0.1) is 17.8 Å². The monoisotopic (exact) mass is 690 g/mol. The van der Waals surface area contributed by atoms with E-state index in [-0.39, 0.29) is 5.57 Å². The maximum atomic E-state index is 12.8. The SMILES string of the molecule is CC(=O)OC[C@H]1O[C@@H](O[C@@H]2OC=C(C=O)[C@@]3(O)C[C@H](OC(=O)/C=C/c4ccccc4)[C@](C)(O)[C@@H]23)[C@H](OC(C)=O)[C@@H](OC(C)=O)[C@@H]1OC(C)=O. The van der Waals surface area contributed by atoms with Crippen LogP contribution in [0.3, 0.4) is 0 Å². The first kappa shape index (κ1) is 37.2. The molecule has 16 nitrogen and oxygen atoms in total. The van der Waals surface area contributed by atoms with Crippen molar-refractivity contribution in [2.75, 3.05) is 6.61 Å². The zero-order valence-electron chi connectivity index (χ0n) is 27.3. The van der Waals surface area contributed by atoms with Gasteiger partial charge < -0.3 is 48.1 Å². The third-order valence-corrected chi connectivity index (χ3v) is 8.21. The quantitative estimate of drug-likeness (QED) is 0.141. The van der Waals surface area contributed by atoms with Gasteiger partial charge in [-0.25, -0.2) is 4.79 Å². The Morgan fingerprint density at radius 1 is 0.857 bits per heavy atom. The summed E-state index contributed by atoms with van der Waals surface area (Å²) in [5.74, 6) is -5.75. The van der Waals surface area contributed by atoms with E-state index >= 15 is 0 Å². The normalized spacial score (nSPS) is 33.7. The van der Waals surface area contributed by atoms with Gasteiger partial charge in [0, 0.05) is 40.2 Å². The van der Waals surface area contributed by atoms with Crippen molar-refractivity contribution in [2.45, 2.75) is 95.3 Å². The first-order valence-corrected chi connectivity index (χ1v) is 15.2. The second kappa shape index (κ2) is 15.3. The molecule has 1 saturated carbocycles. The van der Waals surface area contributed by atoms with Gasteiger partial charge in [-0.3, -0.25) is 24.0 Å². The summed E-state index contributed by atoms with van der Waals surface area (Å²) >= 11 is 0. The lowest BCUT2D eigenvalue weighted by atomic mass is 9.78. The van der Waals surface area contributed by atoms with Crippen molar-refractivity contribution in [3.05, 3.63) is 53.8 Å². The standard InChI is InChI=1S/C33H38O16/c1-17(35)42-16-23-26(44-18(2)36)27(45-19(3)37)28(46-20(4)38)30(47-23)49-31-29-32(5,40)24(13-33(29,41)22(14-34)15-43-31)48-25(39)12-11-21-9-7-6-8-10-21/h6-12,14-15,23-24,26-31,40-41H,13,16H2,1-5H3/b12-11+/t23-,24+,26-,27+,28-,29-,30+,31+,32+,33+/m1/s1. The van der Waals surface area contributed by atoms with E-state index in [0.29, 0.717) is 11.8 Å². The topological polar surface area (TPSA) is 217 Å². The van der Waals surface area contributed by atoms with Crippen molar-refractivity contribution in [3.8, 4) is 0 Å². The number of ether oxygens (including phenoxy) is 8. The molecule has 0 bridgehead atoms. The molecule has 0 spiro atoms. The Kier molecular flexibility index (Phi) is 11.6. The number of rotatable bonds is 11. The lowest BCUT2D eigenvalue weighted by molar-refractivity contribution is -0.353. The van der Waals surface area contributed by atoms with Gasteiger partial charge in [-0.2, -0.15) is 0 Å². The Bertz CT molecular complexity index is 1480. The molecule has 1 saturated heterocycles. The summed E-state index contributed by atoms with van der Waals surface area (Å²) in [6.07, 6.45) is -7.56. The van der Waals surface area contributed by atoms with Crippen LogP contribution < -0.4 is 0 Å². The van der Waals surface area contributed by atoms with Gasteiger partial charge in [-0.1, -0.05) is 30.3 Å². The molecule has 1 aliphatic carbocycles. The Labute approximate surface area is 280 Å². The fraction of sp³-hybridized carbons (Fsp3) is 0.515. The zero-order chi connectivity index (χ0) is 36.1. The highest BCUT2D eigenvalue weighted by Crippen LogP contribution is 2.53. The number of aliphatic hydroxyl groups is 2. The molecule has 2 heterocycles. The summed E-state index contributed by atoms with van der Waals surface area (Å²) in [5.41, 5.74) is -3.91. The third-order valence-electron chi connectivity index (χ3n) is 8.21. The predicted octanol–water partition coefficient (Wildman–Crippen LogP) is 0.652. The van der Waals surface area contributed by atoms with Crippen molar-refractivity contribution >= 4 is 42.2 Å². The molecule has 4 rings (SSSR count). The third kappa shape index (κ3) is 8.51. The van der Waals surface area contributed by atoms with E-state index in [0.717, 1.165) is 40.0 Å². The van der Waals surface area contributed by atoms with Crippen molar-refractivity contribution < 1.29 is 76.9 Å². The van der Waals surface area contributed by atoms with Crippen LogP contribution in [0.15, 0.2) is 48.2 Å². The van der Waals surface area contributed by atoms with Crippen LogP contribution in [0.25, 0.3) is 6.08 Å². The number of benzene rings is 1. The summed E-state index contributed by atoms with van der Waals surface area (Å²) in [7, 11) is 0. The van der Waals surface area contributed by atoms with Gasteiger partial charge in [-0.15, -0.1) is 0 Å². The van der Waals surface area contributed by atoms with E-state index in [1.807, 2.05) is 0 Å². The minimum Gasteiger partial charge on any atom is -0.471 e. The smallest absolute Gasteiger partial charge is 0.331 e. The van der Waals surface area contributed by atoms with Crippen molar-refractivity contribution in [3.63, 3.8) is 0 Å². The highest BCUT2D eigenvalue weighted by molar-refractivity contribution is 5.87. The van der Waals surface area contributed by atoms with Crippen LogP contribution in [0.4, 0.5) is 0 Å². The molecule has 0 aromatic heterocycles. The number of carbonyl (C=O) groups is 6. The van der Waals surface area contributed by atoms with Crippen molar-refractivity contribution in [1.29, 1.82) is 0 Å². The van der Waals surface area contributed by atoms with Crippen LogP contribution in [0.1, 0.15) is 46.6 Å². The number of hydrogen-bond acceptors (Lipinski definition) is 16. The van der Waals surface area contributed by atoms with E-state index in [4.69, 9.17) is 37.9 Å². The van der Waals surface area contributed by atoms with Gasteiger partial charge in [0.2, 0.25) is 12.6 Å². The maximum Gasteiger partial charge on any atom is 0.331 e. The van der Waals surface area contributed by atoms with Gasteiger partial charge in [0.15, 0.2) is 24.6 Å². The van der Waals surface area contributed by atoms with Gasteiger partial charge in [-0.05, 0) is 18.6 Å². The lowest BCUT2D eigenvalue weighted by Crippen LogP contribution is -2.64. The molecule has 2 fully saturated rings. The van der Waals surface area contributed by atoms with Gasteiger partial charge in [0.1, 0.15) is 30.0 Å². The zero-order valence-corrected chi connectivity index (χ0v) is 27.3. The lowest BCUT2D eigenvalue weighted by Gasteiger charge is -2.47. The highest BCUT2D eigenvalue weighted by atomic mass is 16.8. The summed E-state index contributed by atoms with van der Waals surface area (Å²) in [6.45, 7) is 4.96. The van der Waals surface area contributed by atoms with Crippen LogP contribution in [0.2, 0.25) is 0 Å². The summed E-state index contributed by atoms with van der Waals surface area (Å²) in [6, 6.07) is 8.84. The molecular formula is C33H38O16.